The van der Waals surface area contributed by atoms with Crippen LogP contribution in [0.3, 0.4) is 0 Å². The maximum atomic E-state index is 10.7. The molecule has 1 aromatic heterocycles. The number of halogens is 1. The third-order valence-electron chi connectivity index (χ3n) is 2.96. The number of aliphatic carboxylic acids is 1. The fourth-order valence-electron chi connectivity index (χ4n) is 2.00. The fraction of sp³-hybridized carbons (Fsp3) is 0.125. The van der Waals surface area contributed by atoms with Crippen molar-refractivity contribution in [3.63, 3.8) is 0 Å². The van der Waals surface area contributed by atoms with Crippen LogP contribution in [0.25, 0.3) is 6.08 Å². The summed E-state index contributed by atoms with van der Waals surface area (Å²) in [4.78, 5) is 17.0. The molecule has 0 fully saturated rings. The Kier molecular flexibility index (Phi) is 4.95. The van der Waals surface area contributed by atoms with E-state index in [2.05, 4.69) is 4.98 Å². The minimum atomic E-state index is -1.01. The highest BCUT2D eigenvalue weighted by Crippen LogP contribution is 2.29. The van der Waals surface area contributed by atoms with Crippen molar-refractivity contribution in [2.45, 2.75) is 6.54 Å². The topological polar surface area (TPSA) is 53.4 Å². The van der Waals surface area contributed by atoms with Crippen molar-refractivity contribution in [1.29, 1.82) is 0 Å². The lowest BCUT2D eigenvalue weighted by Gasteiger charge is -2.21. The first-order valence-corrected chi connectivity index (χ1v) is 6.76. The normalized spacial score (nSPS) is 10.8. The van der Waals surface area contributed by atoms with Crippen LogP contribution in [0.1, 0.15) is 11.3 Å². The van der Waals surface area contributed by atoms with E-state index in [1.54, 1.807) is 12.3 Å². The smallest absolute Gasteiger partial charge is 0.328 e. The molecule has 0 saturated carbocycles. The monoisotopic (exact) mass is 302 g/mol. The van der Waals surface area contributed by atoms with Crippen molar-refractivity contribution in [3.05, 3.63) is 65.0 Å². The van der Waals surface area contributed by atoms with Gasteiger partial charge in [0.05, 0.1) is 12.2 Å². The quantitative estimate of drug-likeness (QED) is 0.859. The van der Waals surface area contributed by atoms with Gasteiger partial charge in [-0.15, -0.1) is 0 Å². The molecular weight excluding hydrogens is 288 g/mol. The van der Waals surface area contributed by atoms with Crippen LogP contribution in [0, 0.1) is 0 Å². The summed E-state index contributed by atoms with van der Waals surface area (Å²) in [6.45, 7) is 0.606. The Morgan fingerprint density at radius 2 is 2.14 bits per heavy atom. The molecule has 4 nitrogen and oxygen atoms in total. The van der Waals surface area contributed by atoms with Crippen LogP contribution in [-0.4, -0.2) is 23.1 Å². The number of pyridine rings is 1. The Morgan fingerprint density at radius 3 is 2.81 bits per heavy atom. The zero-order chi connectivity index (χ0) is 15.2. The van der Waals surface area contributed by atoms with Gasteiger partial charge in [0.1, 0.15) is 0 Å². The highest BCUT2D eigenvalue weighted by Gasteiger charge is 2.10. The second-order valence-electron chi connectivity index (χ2n) is 4.52. The minimum absolute atomic E-state index is 0.512. The molecule has 2 rings (SSSR count). The van der Waals surface area contributed by atoms with E-state index in [9.17, 15) is 4.79 Å². The molecule has 0 amide bonds. The van der Waals surface area contributed by atoms with Gasteiger partial charge in [-0.2, -0.15) is 0 Å². The molecule has 0 radical (unpaired) electrons. The van der Waals surface area contributed by atoms with Crippen LogP contribution in [0.2, 0.25) is 5.02 Å². The molecule has 1 aromatic carbocycles. The van der Waals surface area contributed by atoms with Crippen molar-refractivity contribution >= 4 is 29.3 Å². The van der Waals surface area contributed by atoms with E-state index in [1.165, 1.54) is 6.08 Å². The van der Waals surface area contributed by atoms with Crippen molar-refractivity contribution in [3.8, 4) is 0 Å². The first-order chi connectivity index (χ1) is 10.1. The van der Waals surface area contributed by atoms with E-state index >= 15 is 0 Å². The average molecular weight is 303 g/mol. The number of carboxylic acids is 1. The minimum Gasteiger partial charge on any atom is -0.478 e. The number of nitrogens with zero attached hydrogens (tertiary/aromatic N) is 2. The van der Waals surface area contributed by atoms with E-state index in [-0.39, 0.29) is 0 Å². The van der Waals surface area contributed by atoms with Gasteiger partial charge >= 0.3 is 5.97 Å². The third-order valence-corrected chi connectivity index (χ3v) is 3.29. The maximum absolute atomic E-state index is 10.7. The molecule has 21 heavy (non-hydrogen) atoms. The molecule has 0 spiro atoms. The maximum Gasteiger partial charge on any atom is 0.328 e. The lowest BCUT2D eigenvalue weighted by Crippen LogP contribution is -2.18. The van der Waals surface area contributed by atoms with E-state index in [0.29, 0.717) is 17.1 Å². The number of carbonyl (C=O) groups is 1. The van der Waals surface area contributed by atoms with E-state index < -0.39 is 5.97 Å². The number of aromatic nitrogens is 1. The first kappa shape index (κ1) is 15.1. The predicted octanol–water partition coefficient (Wildman–Crippen LogP) is 3.47. The van der Waals surface area contributed by atoms with Crippen LogP contribution in [0.15, 0.2) is 48.7 Å². The Morgan fingerprint density at radius 1 is 1.33 bits per heavy atom. The Balaban J connectivity index is 2.30. The van der Waals surface area contributed by atoms with E-state index in [0.717, 1.165) is 17.5 Å². The summed E-state index contributed by atoms with van der Waals surface area (Å²) < 4.78 is 0. The van der Waals surface area contributed by atoms with Gasteiger partial charge in [-0.3, -0.25) is 4.98 Å². The predicted molar refractivity (Wildman–Crippen MR) is 84.5 cm³/mol. The van der Waals surface area contributed by atoms with Crippen LogP contribution >= 0.6 is 11.6 Å². The lowest BCUT2D eigenvalue weighted by molar-refractivity contribution is -0.131. The number of carboxylic acid groups (broad SMARTS) is 1. The standard InChI is InChI=1S/C16H15ClN2O2/c1-19(11-12-5-2-3-10-18-12)15-7-4-6-14(17)13(15)8-9-16(20)21/h2-10H,11H2,1H3,(H,20,21)/b9-8+. The zero-order valence-corrected chi connectivity index (χ0v) is 12.3. The molecule has 1 heterocycles. The zero-order valence-electron chi connectivity index (χ0n) is 11.5. The van der Waals surface area contributed by atoms with Gasteiger partial charge < -0.3 is 10.0 Å². The van der Waals surface area contributed by atoms with Crippen LogP contribution in [0.5, 0.6) is 0 Å². The van der Waals surface area contributed by atoms with Crippen molar-refractivity contribution in [2.24, 2.45) is 0 Å². The molecular formula is C16H15ClN2O2. The van der Waals surface area contributed by atoms with Crippen molar-refractivity contribution < 1.29 is 9.90 Å². The summed E-state index contributed by atoms with van der Waals surface area (Å²) >= 11 is 6.17. The second-order valence-corrected chi connectivity index (χ2v) is 4.93. The molecule has 108 valence electrons. The van der Waals surface area contributed by atoms with Crippen LogP contribution in [0.4, 0.5) is 5.69 Å². The summed E-state index contributed by atoms with van der Waals surface area (Å²) in [6.07, 6.45) is 4.33. The number of hydrogen-bond acceptors (Lipinski definition) is 3. The SMILES string of the molecule is CN(Cc1ccccn1)c1cccc(Cl)c1/C=C/C(=O)O. The lowest BCUT2D eigenvalue weighted by atomic mass is 10.1. The van der Waals surface area contributed by atoms with Gasteiger partial charge in [0, 0.05) is 35.6 Å². The first-order valence-electron chi connectivity index (χ1n) is 6.38. The van der Waals surface area contributed by atoms with Gasteiger partial charge in [-0.05, 0) is 30.3 Å². The fourth-order valence-corrected chi connectivity index (χ4v) is 2.23. The largest absolute Gasteiger partial charge is 0.478 e. The van der Waals surface area contributed by atoms with Gasteiger partial charge in [0.25, 0.3) is 0 Å². The van der Waals surface area contributed by atoms with Crippen LogP contribution in [-0.2, 0) is 11.3 Å². The molecule has 0 bridgehead atoms. The third kappa shape index (κ3) is 4.07. The van der Waals surface area contributed by atoms with Gasteiger partial charge in [-0.1, -0.05) is 23.7 Å². The molecule has 0 aliphatic carbocycles. The molecule has 0 saturated heterocycles. The van der Waals surface area contributed by atoms with Gasteiger partial charge in [-0.25, -0.2) is 4.79 Å². The van der Waals surface area contributed by atoms with E-state index in [1.807, 2.05) is 42.3 Å². The number of rotatable bonds is 5. The van der Waals surface area contributed by atoms with Gasteiger partial charge in [0.2, 0.25) is 0 Å². The summed E-state index contributed by atoms with van der Waals surface area (Å²) in [5, 5.41) is 9.29. The molecule has 1 N–H and O–H groups in total. The molecule has 2 aromatic rings. The molecule has 5 heteroatoms. The van der Waals surface area contributed by atoms with E-state index in [4.69, 9.17) is 16.7 Å². The number of hydrogen-bond donors (Lipinski definition) is 1. The Labute approximate surface area is 128 Å². The second kappa shape index (κ2) is 6.90. The van der Waals surface area contributed by atoms with Crippen molar-refractivity contribution in [2.75, 3.05) is 11.9 Å². The highest BCUT2D eigenvalue weighted by atomic mass is 35.5. The van der Waals surface area contributed by atoms with Gasteiger partial charge in [0.15, 0.2) is 0 Å². The Hall–Kier alpha value is -2.33. The van der Waals surface area contributed by atoms with Crippen molar-refractivity contribution in [1.82, 2.24) is 4.98 Å². The highest BCUT2D eigenvalue weighted by molar-refractivity contribution is 6.32. The molecule has 0 atom stereocenters. The number of anilines is 1. The molecule has 0 unspecified atom stereocenters. The summed E-state index contributed by atoms with van der Waals surface area (Å²) in [5.41, 5.74) is 2.46. The van der Waals surface area contributed by atoms with Crippen LogP contribution < -0.4 is 4.90 Å². The Bertz CT molecular complexity index is 657. The summed E-state index contributed by atoms with van der Waals surface area (Å²) in [7, 11) is 1.92. The molecule has 0 aliphatic heterocycles. The summed E-state index contributed by atoms with van der Waals surface area (Å²) in [5.74, 6) is -1.01. The molecule has 0 aliphatic rings. The number of benzene rings is 1. The summed E-state index contributed by atoms with van der Waals surface area (Å²) in [6, 6.07) is 11.2. The average Bonchev–Trinajstić information content (AvgIpc) is 2.46.